The van der Waals surface area contributed by atoms with Crippen LogP contribution in [0.3, 0.4) is 0 Å². The molecule has 0 bridgehead atoms. The first-order valence-electron chi connectivity index (χ1n) is 7.18. The summed E-state index contributed by atoms with van der Waals surface area (Å²) >= 11 is 0. The molecule has 24 heavy (non-hydrogen) atoms. The van der Waals surface area contributed by atoms with Gasteiger partial charge in [0.15, 0.2) is 0 Å². The first kappa shape index (κ1) is 17.7. The number of nitriles is 1. The van der Waals surface area contributed by atoms with Crippen LogP contribution < -0.4 is 10.0 Å². The van der Waals surface area contributed by atoms with Gasteiger partial charge in [0, 0.05) is 12.6 Å². The van der Waals surface area contributed by atoms with Gasteiger partial charge in [-0.25, -0.2) is 8.42 Å². The maximum absolute atomic E-state index is 12.4. The second-order valence-electron chi connectivity index (χ2n) is 5.30. The second kappa shape index (κ2) is 7.25. The first-order valence-corrected chi connectivity index (χ1v) is 8.66. The molecule has 0 spiro atoms. The maximum Gasteiger partial charge on any atom is 0.242 e. The fourth-order valence-electron chi connectivity index (χ4n) is 2.07. The molecule has 124 valence electrons. The Balaban J connectivity index is 2.21. The number of carbonyl (C=O) groups excluding carboxylic acids is 1. The second-order valence-corrected chi connectivity index (χ2v) is 7.01. The lowest BCUT2D eigenvalue weighted by molar-refractivity contribution is -0.114. The molecule has 0 aliphatic heterocycles. The van der Waals surface area contributed by atoms with E-state index in [1.165, 1.54) is 31.2 Å². The molecule has 1 atom stereocenters. The van der Waals surface area contributed by atoms with Gasteiger partial charge in [-0.2, -0.15) is 9.98 Å². The number of sulfonamides is 1. The number of hydrogen-bond donors (Lipinski definition) is 2. The van der Waals surface area contributed by atoms with E-state index < -0.39 is 16.1 Å². The van der Waals surface area contributed by atoms with E-state index in [0.29, 0.717) is 11.3 Å². The van der Waals surface area contributed by atoms with Crippen molar-refractivity contribution in [3.8, 4) is 6.07 Å². The zero-order chi connectivity index (χ0) is 17.7. The zero-order valence-electron chi connectivity index (χ0n) is 13.3. The van der Waals surface area contributed by atoms with Crippen LogP contribution in [0.4, 0.5) is 5.69 Å². The number of benzene rings is 2. The number of nitrogens with one attached hydrogen (secondary N) is 2. The molecule has 0 saturated heterocycles. The Kier molecular flexibility index (Phi) is 5.34. The highest BCUT2D eigenvalue weighted by Crippen LogP contribution is 2.19. The van der Waals surface area contributed by atoms with E-state index in [0.717, 1.165) is 5.56 Å². The monoisotopic (exact) mass is 343 g/mol. The lowest BCUT2D eigenvalue weighted by Crippen LogP contribution is -2.27. The number of amides is 1. The normalized spacial score (nSPS) is 12.2. The van der Waals surface area contributed by atoms with Crippen molar-refractivity contribution in [3.63, 3.8) is 0 Å². The van der Waals surface area contributed by atoms with E-state index in [9.17, 15) is 18.5 Å². The molecular formula is C17H17N3O3S. The number of aryl methyl sites for hydroxylation is 1. The molecule has 0 radical (unpaired) electrons. The number of nitrogens with zero attached hydrogens (tertiary/aromatic N) is 1. The van der Waals surface area contributed by atoms with Crippen LogP contribution in [0, 0.1) is 18.3 Å². The Hall–Kier alpha value is -2.69. The van der Waals surface area contributed by atoms with E-state index in [4.69, 9.17) is 0 Å². The maximum atomic E-state index is 12.4. The Morgan fingerprint density at radius 2 is 1.67 bits per heavy atom. The summed E-state index contributed by atoms with van der Waals surface area (Å²) in [6.45, 7) is 3.28. The minimum atomic E-state index is -3.86. The molecule has 1 amide bonds. The van der Waals surface area contributed by atoms with Crippen molar-refractivity contribution in [2.24, 2.45) is 0 Å². The SMILES string of the molecule is CC(=O)Nc1ccc(S(=O)(=O)NC(C#N)c2ccc(C)cc2)cc1. The van der Waals surface area contributed by atoms with E-state index in [2.05, 4.69) is 10.0 Å². The summed E-state index contributed by atoms with van der Waals surface area (Å²) in [5.41, 5.74) is 2.09. The van der Waals surface area contributed by atoms with E-state index in [-0.39, 0.29) is 10.8 Å². The van der Waals surface area contributed by atoms with Crippen molar-refractivity contribution < 1.29 is 13.2 Å². The van der Waals surface area contributed by atoms with Crippen LogP contribution in [0.15, 0.2) is 53.4 Å². The number of rotatable bonds is 5. The average Bonchev–Trinajstić information content (AvgIpc) is 2.53. The summed E-state index contributed by atoms with van der Waals surface area (Å²) in [5.74, 6) is -0.243. The van der Waals surface area contributed by atoms with Crippen LogP contribution in [-0.4, -0.2) is 14.3 Å². The average molecular weight is 343 g/mol. The van der Waals surface area contributed by atoms with E-state index in [1.54, 1.807) is 12.1 Å². The summed E-state index contributed by atoms with van der Waals surface area (Å²) in [5, 5.41) is 11.8. The quantitative estimate of drug-likeness (QED) is 0.871. The molecule has 0 aromatic heterocycles. The molecule has 0 heterocycles. The molecular weight excluding hydrogens is 326 g/mol. The summed E-state index contributed by atoms with van der Waals surface area (Å²) in [7, 11) is -3.86. The lowest BCUT2D eigenvalue weighted by atomic mass is 10.1. The van der Waals surface area contributed by atoms with Crippen LogP contribution in [-0.2, 0) is 14.8 Å². The van der Waals surface area contributed by atoms with Gasteiger partial charge in [0.2, 0.25) is 15.9 Å². The standard InChI is InChI=1S/C17H17N3O3S/c1-12-3-5-14(6-4-12)17(11-18)20-24(22,23)16-9-7-15(8-10-16)19-13(2)21/h3-10,17,20H,1-2H3,(H,19,21). The number of carbonyl (C=O) groups is 1. The van der Waals surface area contributed by atoms with Crippen molar-refractivity contribution in [3.05, 3.63) is 59.7 Å². The predicted octanol–water partition coefficient (Wildman–Crippen LogP) is 2.50. The molecule has 0 saturated carbocycles. The highest BCUT2D eigenvalue weighted by Gasteiger charge is 2.21. The number of anilines is 1. The van der Waals surface area contributed by atoms with Gasteiger partial charge < -0.3 is 5.32 Å². The summed E-state index contributed by atoms with van der Waals surface area (Å²) < 4.78 is 27.2. The molecule has 2 aromatic carbocycles. The van der Waals surface area contributed by atoms with Gasteiger partial charge in [0.1, 0.15) is 6.04 Å². The van der Waals surface area contributed by atoms with Crippen molar-refractivity contribution in [2.75, 3.05) is 5.32 Å². The Bertz CT molecular complexity index is 867. The molecule has 2 aromatic rings. The highest BCUT2D eigenvalue weighted by atomic mass is 32.2. The van der Waals surface area contributed by atoms with Gasteiger partial charge in [-0.05, 0) is 36.8 Å². The van der Waals surface area contributed by atoms with Crippen LogP contribution in [0.5, 0.6) is 0 Å². The van der Waals surface area contributed by atoms with Crippen LogP contribution in [0.2, 0.25) is 0 Å². The molecule has 1 unspecified atom stereocenters. The minimum absolute atomic E-state index is 0.0176. The van der Waals surface area contributed by atoms with Gasteiger partial charge in [0.25, 0.3) is 0 Å². The topological polar surface area (TPSA) is 99.1 Å². The van der Waals surface area contributed by atoms with Crippen LogP contribution >= 0.6 is 0 Å². The molecule has 0 aliphatic carbocycles. The third kappa shape index (κ3) is 4.41. The van der Waals surface area contributed by atoms with Crippen molar-refractivity contribution >= 4 is 21.6 Å². The fraction of sp³-hybridized carbons (Fsp3) is 0.176. The zero-order valence-corrected chi connectivity index (χ0v) is 14.1. The van der Waals surface area contributed by atoms with Crippen molar-refractivity contribution in [2.45, 2.75) is 24.8 Å². The van der Waals surface area contributed by atoms with Gasteiger partial charge in [-0.15, -0.1) is 0 Å². The lowest BCUT2D eigenvalue weighted by Gasteiger charge is -2.13. The Morgan fingerprint density at radius 1 is 1.08 bits per heavy atom. The van der Waals surface area contributed by atoms with Crippen LogP contribution in [0.25, 0.3) is 0 Å². The van der Waals surface area contributed by atoms with Gasteiger partial charge in [0.05, 0.1) is 11.0 Å². The van der Waals surface area contributed by atoms with Crippen LogP contribution in [0.1, 0.15) is 24.1 Å². The minimum Gasteiger partial charge on any atom is -0.326 e. The van der Waals surface area contributed by atoms with Gasteiger partial charge in [-0.3, -0.25) is 4.79 Å². The van der Waals surface area contributed by atoms with E-state index in [1.807, 2.05) is 25.1 Å². The van der Waals surface area contributed by atoms with E-state index >= 15 is 0 Å². The predicted molar refractivity (Wildman–Crippen MR) is 90.6 cm³/mol. The fourth-order valence-corrected chi connectivity index (χ4v) is 3.20. The molecule has 0 fully saturated rings. The Labute approximate surface area is 141 Å². The Morgan fingerprint density at radius 3 is 2.17 bits per heavy atom. The summed E-state index contributed by atoms with van der Waals surface area (Å²) in [4.78, 5) is 11.0. The molecule has 0 aliphatic rings. The highest BCUT2D eigenvalue weighted by molar-refractivity contribution is 7.89. The van der Waals surface area contributed by atoms with Gasteiger partial charge >= 0.3 is 0 Å². The van der Waals surface area contributed by atoms with Crippen molar-refractivity contribution in [1.29, 1.82) is 5.26 Å². The third-order valence-corrected chi connectivity index (χ3v) is 4.74. The number of hydrogen-bond acceptors (Lipinski definition) is 4. The molecule has 7 heteroatoms. The largest absolute Gasteiger partial charge is 0.326 e. The third-order valence-electron chi connectivity index (χ3n) is 3.30. The van der Waals surface area contributed by atoms with Gasteiger partial charge in [-0.1, -0.05) is 29.8 Å². The smallest absolute Gasteiger partial charge is 0.242 e. The molecule has 6 nitrogen and oxygen atoms in total. The first-order chi connectivity index (χ1) is 11.3. The summed E-state index contributed by atoms with van der Waals surface area (Å²) in [6.07, 6.45) is 0. The molecule has 2 N–H and O–H groups in total. The van der Waals surface area contributed by atoms with Crippen molar-refractivity contribution in [1.82, 2.24) is 4.72 Å². The summed E-state index contributed by atoms with van der Waals surface area (Å²) in [6, 6.07) is 13.8. The molecule has 2 rings (SSSR count).